The van der Waals surface area contributed by atoms with E-state index in [1.165, 1.54) is 18.2 Å². The number of hydrogen-bond donors (Lipinski definition) is 1. The maximum absolute atomic E-state index is 12.0. The van der Waals surface area contributed by atoms with Gasteiger partial charge in [-0.25, -0.2) is 0 Å². The topological polar surface area (TPSA) is 35.2 Å². The van der Waals surface area contributed by atoms with Crippen LogP contribution in [0, 0.1) is 5.92 Å². The van der Waals surface area contributed by atoms with Crippen LogP contribution in [0.25, 0.3) is 0 Å². The molecule has 7 heteroatoms. The molecule has 0 aliphatic carbocycles. The minimum absolute atomic E-state index is 0. The van der Waals surface area contributed by atoms with Crippen LogP contribution in [0.4, 0.5) is 13.2 Å². The van der Waals surface area contributed by atoms with E-state index < -0.39 is 12.1 Å². The van der Waals surface area contributed by atoms with Gasteiger partial charge in [-0.2, -0.15) is 0 Å². The highest BCUT2D eigenvalue weighted by Gasteiger charge is 2.32. The molecule has 1 atom stereocenters. The van der Waals surface area contributed by atoms with Crippen molar-refractivity contribution in [2.45, 2.75) is 32.7 Å². The SMILES string of the molecule is CC(C)C[C@H](N)c1ccc(OC(F)(F)F)c(Cl)c1.Cl. The van der Waals surface area contributed by atoms with E-state index in [9.17, 15) is 13.2 Å². The Bertz CT molecular complexity index is 410. The maximum atomic E-state index is 12.0. The Morgan fingerprint density at radius 1 is 1.32 bits per heavy atom. The molecular weight excluding hydrogens is 302 g/mol. The molecule has 1 rings (SSSR count). The third-order valence-corrected chi connectivity index (χ3v) is 2.63. The molecule has 0 radical (unpaired) electrons. The molecule has 0 amide bonds. The lowest BCUT2D eigenvalue weighted by molar-refractivity contribution is -0.274. The number of nitrogens with two attached hydrogens (primary N) is 1. The fourth-order valence-electron chi connectivity index (χ4n) is 1.60. The lowest BCUT2D eigenvalue weighted by atomic mass is 9.98. The largest absolute Gasteiger partial charge is 0.573 e. The minimum Gasteiger partial charge on any atom is -0.404 e. The van der Waals surface area contributed by atoms with Gasteiger partial charge in [0, 0.05) is 6.04 Å². The predicted molar refractivity (Wildman–Crippen MR) is 71.8 cm³/mol. The summed E-state index contributed by atoms with van der Waals surface area (Å²) < 4.78 is 39.9. The molecule has 110 valence electrons. The summed E-state index contributed by atoms with van der Waals surface area (Å²) >= 11 is 5.74. The average molecular weight is 318 g/mol. The van der Waals surface area contributed by atoms with E-state index in [1.807, 2.05) is 13.8 Å². The van der Waals surface area contributed by atoms with Gasteiger partial charge in [-0.3, -0.25) is 0 Å². The highest BCUT2D eigenvalue weighted by atomic mass is 35.5. The summed E-state index contributed by atoms with van der Waals surface area (Å²) in [4.78, 5) is 0. The minimum atomic E-state index is -4.74. The van der Waals surface area contributed by atoms with Crippen molar-refractivity contribution < 1.29 is 17.9 Å². The first-order valence-corrected chi connectivity index (χ1v) is 5.87. The number of benzene rings is 1. The average Bonchev–Trinajstić information content (AvgIpc) is 2.18. The Hall–Kier alpha value is -0.650. The summed E-state index contributed by atoms with van der Waals surface area (Å²) in [6.45, 7) is 4.03. The zero-order valence-electron chi connectivity index (χ0n) is 10.5. The zero-order valence-corrected chi connectivity index (χ0v) is 12.1. The van der Waals surface area contributed by atoms with Crippen LogP contribution in [0.1, 0.15) is 31.9 Å². The Kier molecular flexibility index (Phi) is 6.97. The van der Waals surface area contributed by atoms with Gasteiger partial charge < -0.3 is 10.5 Å². The third-order valence-electron chi connectivity index (χ3n) is 2.34. The second kappa shape index (κ2) is 7.22. The van der Waals surface area contributed by atoms with E-state index >= 15 is 0 Å². The van der Waals surface area contributed by atoms with Gasteiger partial charge in [0.05, 0.1) is 5.02 Å². The number of halogens is 5. The van der Waals surface area contributed by atoms with Crippen LogP contribution in [0.3, 0.4) is 0 Å². The molecule has 0 aromatic heterocycles. The number of rotatable bonds is 4. The van der Waals surface area contributed by atoms with Gasteiger partial charge in [0.2, 0.25) is 0 Å². The maximum Gasteiger partial charge on any atom is 0.573 e. The Balaban J connectivity index is 0.00000324. The van der Waals surface area contributed by atoms with Crippen LogP contribution in [0.2, 0.25) is 5.02 Å². The number of alkyl halides is 3. The first-order chi connectivity index (χ1) is 8.19. The van der Waals surface area contributed by atoms with Crippen molar-refractivity contribution in [3.63, 3.8) is 0 Å². The second-order valence-corrected chi connectivity index (χ2v) is 4.88. The summed E-state index contributed by atoms with van der Waals surface area (Å²) in [5, 5.41) is -0.0935. The van der Waals surface area contributed by atoms with E-state index in [0.717, 1.165) is 6.42 Å². The van der Waals surface area contributed by atoms with E-state index in [4.69, 9.17) is 17.3 Å². The molecule has 1 aromatic rings. The van der Waals surface area contributed by atoms with Crippen molar-refractivity contribution in [3.05, 3.63) is 28.8 Å². The Labute approximate surface area is 121 Å². The quantitative estimate of drug-likeness (QED) is 0.873. The van der Waals surface area contributed by atoms with Gasteiger partial charge >= 0.3 is 6.36 Å². The molecule has 2 nitrogen and oxygen atoms in total. The molecule has 0 spiro atoms. The summed E-state index contributed by atoms with van der Waals surface area (Å²) in [6, 6.07) is 3.85. The van der Waals surface area contributed by atoms with Crippen LogP contribution < -0.4 is 10.5 Å². The van der Waals surface area contributed by atoms with Crippen molar-refractivity contribution in [3.8, 4) is 5.75 Å². The van der Waals surface area contributed by atoms with Crippen LogP contribution in [0.15, 0.2) is 18.2 Å². The summed E-state index contributed by atoms with van der Waals surface area (Å²) in [5.41, 5.74) is 6.62. The van der Waals surface area contributed by atoms with E-state index in [-0.39, 0.29) is 23.5 Å². The highest BCUT2D eigenvalue weighted by molar-refractivity contribution is 6.32. The van der Waals surface area contributed by atoms with E-state index in [1.54, 1.807) is 0 Å². The molecule has 0 heterocycles. The molecule has 0 bridgehead atoms. The van der Waals surface area contributed by atoms with Crippen molar-refractivity contribution >= 4 is 24.0 Å². The van der Waals surface area contributed by atoms with Crippen molar-refractivity contribution in [1.29, 1.82) is 0 Å². The van der Waals surface area contributed by atoms with Crippen LogP contribution >= 0.6 is 24.0 Å². The molecule has 1 aromatic carbocycles. The van der Waals surface area contributed by atoms with Crippen LogP contribution in [-0.2, 0) is 0 Å². The smallest absolute Gasteiger partial charge is 0.404 e. The lowest BCUT2D eigenvalue weighted by Gasteiger charge is -2.16. The van der Waals surface area contributed by atoms with Gasteiger partial charge in [-0.1, -0.05) is 31.5 Å². The normalized spacial score (nSPS) is 13.1. The number of hydrogen-bond acceptors (Lipinski definition) is 2. The molecule has 2 N–H and O–H groups in total. The number of ether oxygens (including phenoxy) is 1. The van der Waals surface area contributed by atoms with Crippen LogP contribution in [0.5, 0.6) is 5.75 Å². The molecular formula is C12H16Cl2F3NO. The highest BCUT2D eigenvalue weighted by Crippen LogP contribution is 2.32. The van der Waals surface area contributed by atoms with Gasteiger partial charge in [-0.05, 0) is 30.0 Å². The predicted octanol–water partition coefficient (Wildman–Crippen LogP) is 4.71. The summed E-state index contributed by atoms with van der Waals surface area (Å²) in [7, 11) is 0. The Morgan fingerprint density at radius 3 is 2.32 bits per heavy atom. The lowest BCUT2D eigenvalue weighted by Crippen LogP contribution is -2.18. The van der Waals surface area contributed by atoms with Crippen molar-refractivity contribution in [2.75, 3.05) is 0 Å². The molecule has 0 fully saturated rings. The third kappa shape index (κ3) is 6.36. The molecule has 0 saturated carbocycles. The monoisotopic (exact) mass is 317 g/mol. The fraction of sp³-hybridized carbons (Fsp3) is 0.500. The Morgan fingerprint density at radius 2 is 1.89 bits per heavy atom. The molecule has 0 aliphatic heterocycles. The second-order valence-electron chi connectivity index (χ2n) is 4.47. The molecule has 19 heavy (non-hydrogen) atoms. The molecule has 0 aliphatic rings. The first-order valence-electron chi connectivity index (χ1n) is 5.50. The molecule has 0 saturated heterocycles. The first kappa shape index (κ1) is 18.4. The molecule has 0 unspecified atom stereocenters. The summed E-state index contributed by atoms with van der Waals surface area (Å²) in [6.07, 6.45) is -4.01. The van der Waals surface area contributed by atoms with Gasteiger partial charge in [-0.15, -0.1) is 25.6 Å². The summed E-state index contributed by atoms with van der Waals surface area (Å²) in [5.74, 6) is -0.0189. The van der Waals surface area contributed by atoms with E-state index in [2.05, 4.69) is 4.74 Å². The zero-order chi connectivity index (χ0) is 13.9. The fourth-order valence-corrected chi connectivity index (χ4v) is 1.83. The van der Waals surface area contributed by atoms with Crippen molar-refractivity contribution in [2.24, 2.45) is 11.7 Å². The van der Waals surface area contributed by atoms with Gasteiger partial charge in [0.15, 0.2) is 0 Å². The van der Waals surface area contributed by atoms with E-state index in [0.29, 0.717) is 11.5 Å². The van der Waals surface area contributed by atoms with Crippen molar-refractivity contribution in [1.82, 2.24) is 0 Å². The van der Waals surface area contributed by atoms with Crippen LogP contribution in [-0.4, -0.2) is 6.36 Å². The standard InChI is InChI=1S/C12H15ClF3NO.ClH/c1-7(2)5-10(17)8-3-4-11(9(13)6-8)18-12(14,15)16;/h3-4,6-7,10H,5,17H2,1-2H3;1H/t10-;/m0./s1. The van der Waals surface area contributed by atoms with Gasteiger partial charge in [0.25, 0.3) is 0 Å². The van der Waals surface area contributed by atoms with Gasteiger partial charge in [0.1, 0.15) is 5.75 Å².